The fourth-order valence-electron chi connectivity index (χ4n) is 5.11. The Labute approximate surface area is 256 Å². The van der Waals surface area contributed by atoms with Gasteiger partial charge < -0.3 is 4.74 Å². The first-order valence-electron chi connectivity index (χ1n) is 16.0. The second-order valence-corrected chi connectivity index (χ2v) is 13.4. The first-order valence-corrected chi connectivity index (χ1v) is 17.7. The summed E-state index contributed by atoms with van der Waals surface area (Å²) in [7, 11) is 0. The number of rotatable bonds is 21. The highest BCUT2D eigenvalue weighted by Gasteiger charge is 2.16. The summed E-state index contributed by atoms with van der Waals surface area (Å²) in [6.45, 7) is 6.41. The van der Waals surface area contributed by atoms with Gasteiger partial charge in [-0.1, -0.05) is 103 Å². The van der Waals surface area contributed by atoms with E-state index >= 15 is 0 Å². The fraction of sp³-hybridized carbons (Fsp3) is 0.556. The lowest BCUT2D eigenvalue weighted by atomic mass is 10.1. The Morgan fingerprint density at radius 1 is 0.732 bits per heavy atom. The van der Waals surface area contributed by atoms with Crippen molar-refractivity contribution in [2.45, 2.75) is 130 Å². The molecule has 0 saturated heterocycles. The maximum atomic E-state index is 13.1. The van der Waals surface area contributed by atoms with Crippen LogP contribution in [0.15, 0.2) is 47.8 Å². The minimum Gasteiger partial charge on any atom is -0.459 e. The summed E-state index contributed by atoms with van der Waals surface area (Å²) in [4.78, 5) is 29.0. The van der Waals surface area contributed by atoms with Gasteiger partial charge in [0, 0.05) is 26.3 Å². The third kappa shape index (κ3) is 11.9. The molecule has 0 aliphatic rings. The molecule has 5 heteroatoms. The molecule has 2 aromatic heterocycles. The number of ketones is 1. The van der Waals surface area contributed by atoms with E-state index in [0.717, 1.165) is 29.7 Å². The molecule has 41 heavy (non-hydrogen) atoms. The maximum Gasteiger partial charge on any atom is 0.338 e. The Morgan fingerprint density at radius 2 is 1.32 bits per heavy atom. The second-order valence-electron chi connectivity index (χ2n) is 11.4. The highest BCUT2D eigenvalue weighted by Crippen LogP contribution is 2.33. The van der Waals surface area contributed by atoms with E-state index in [0.29, 0.717) is 11.1 Å². The molecule has 0 aliphatic carbocycles. The SMILES string of the molecule is CCCCCCCCCCCCc1ccc(-c2csc(C(=O)c3ccc(C(=O)O[C@@H](C)CCCCCC)cc3)c2)s1. The fourth-order valence-corrected chi connectivity index (χ4v) is 7.09. The van der Waals surface area contributed by atoms with Crippen LogP contribution in [0.4, 0.5) is 0 Å². The van der Waals surface area contributed by atoms with Gasteiger partial charge >= 0.3 is 5.97 Å². The summed E-state index contributed by atoms with van der Waals surface area (Å²) in [5.41, 5.74) is 2.20. The maximum absolute atomic E-state index is 13.1. The van der Waals surface area contributed by atoms with Gasteiger partial charge in [-0.2, -0.15) is 0 Å². The average Bonchev–Trinajstić information content (AvgIpc) is 3.66. The van der Waals surface area contributed by atoms with Gasteiger partial charge in [0.2, 0.25) is 5.78 Å². The lowest BCUT2D eigenvalue weighted by Gasteiger charge is -2.13. The minimum absolute atomic E-state index is 0.00685. The van der Waals surface area contributed by atoms with E-state index in [1.54, 1.807) is 24.3 Å². The summed E-state index contributed by atoms with van der Waals surface area (Å²) in [5.74, 6) is -0.329. The van der Waals surface area contributed by atoms with Crippen molar-refractivity contribution in [3.05, 3.63) is 68.7 Å². The van der Waals surface area contributed by atoms with Crippen molar-refractivity contribution >= 4 is 34.4 Å². The first-order chi connectivity index (χ1) is 20.0. The molecule has 0 amide bonds. The van der Waals surface area contributed by atoms with Crippen LogP contribution in [0.5, 0.6) is 0 Å². The van der Waals surface area contributed by atoms with Gasteiger partial charge in [0.25, 0.3) is 0 Å². The molecule has 0 spiro atoms. The van der Waals surface area contributed by atoms with Crippen LogP contribution in [0.25, 0.3) is 10.4 Å². The molecule has 2 heterocycles. The van der Waals surface area contributed by atoms with E-state index < -0.39 is 0 Å². The zero-order valence-electron chi connectivity index (χ0n) is 25.6. The van der Waals surface area contributed by atoms with E-state index in [1.165, 1.54) is 105 Å². The molecule has 0 radical (unpaired) electrons. The van der Waals surface area contributed by atoms with Crippen molar-refractivity contribution in [3.63, 3.8) is 0 Å². The predicted molar refractivity (Wildman–Crippen MR) is 177 cm³/mol. The Bertz CT molecular complexity index is 1160. The van der Waals surface area contributed by atoms with Crippen LogP contribution in [0, 0.1) is 0 Å². The number of benzene rings is 1. The Morgan fingerprint density at radius 3 is 1.98 bits per heavy atom. The van der Waals surface area contributed by atoms with Crippen LogP contribution in [-0.4, -0.2) is 17.9 Å². The molecule has 3 rings (SSSR count). The standard InChI is InChI=1S/C36H50O3S2/c1-4-6-8-10-11-12-13-14-15-17-19-32-24-25-33(41-32)31-26-34(40-27-31)35(37)29-20-22-30(23-21-29)36(38)39-28(3)18-16-9-7-5-2/h20-28H,4-19H2,1-3H3/t28-/m0/s1. The quantitative estimate of drug-likeness (QED) is 0.0700. The van der Waals surface area contributed by atoms with Gasteiger partial charge in [-0.25, -0.2) is 4.79 Å². The van der Waals surface area contributed by atoms with E-state index in [-0.39, 0.29) is 17.9 Å². The van der Waals surface area contributed by atoms with Gasteiger partial charge in [0.1, 0.15) is 0 Å². The zero-order valence-corrected chi connectivity index (χ0v) is 27.2. The van der Waals surface area contributed by atoms with Crippen molar-refractivity contribution in [2.75, 3.05) is 0 Å². The van der Waals surface area contributed by atoms with Gasteiger partial charge in [-0.05, 0) is 62.9 Å². The molecule has 0 aliphatic heterocycles. The molecule has 0 N–H and O–H groups in total. The van der Waals surface area contributed by atoms with Crippen LogP contribution in [0.2, 0.25) is 0 Å². The molecule has 224 valence electrons. The average molecular weight is 595 g/mol. The molecule has 0 bridgehead atoms. The number of hydrogen-bond acceptors (Lipinski definition) is 5. The first kappa shape index (κ1) is 33.3. The van der Waals surface area contributed by atoms with Crippen molar-refractivity contribution in [2.24, 2.45) is 0 Å². The van der Waals surface area contributed by atoms with Crippen LogP contribution >= 0.6 is 22.7 Å². The molecule has 0 saturated carbocycles. The molecule has 1 atom stereocenters. The Balaban J connectivity index is 1.42. The third-order valence-electron chi connectivity index (χ3n) is 7.70. The molecular weight excluding hydrogens is 545 g/mol. The molecule has 3 nitrogen and oxygen atoms in total. The van der Waals surface area contributed by atoms with Crippen molar-refractivity contribution < 1.29 is 14.3 Å². The summed E-state index contributed by atoms with van der Waals surface area (Å²) in [5, 5.41) is 2.08. The number of esters is 1. The number of thiophene rings is 2. The van der Waals surface area contributed by atoms with E-state index in [9.17, 15) is 9.59 Å². The third-order valence-corrected chi connectivity index (χ3v) is 9.82. The monoisotopic (exact) mass is 594 g/mol. The van der Waals surface area contributed by atoms with Gasteiger partial charge in [-0.3, -0.25) is 4.79 Å². The minimum atomic E-state index is -0.322. The number of hydrogen-bond donors (Lipinski definition) is 0. The Hall–Kier alpha value is -2.24. The summed E-state index contributed by atoms with van der Waals surface area (Å²) >= 11 is 3.33. The lowest BCUT2D eigenvalue weighted by molar-refractivity contribution is 0.0319. The van der Waals surface area contributed by atoms with Crippen molar-refractivity contribution in [1.29, 1.82) is 0 Å². The summed E-state index contributed by atoms with van der Waals surface area (Å²) in [6.07, 6.45) is 20.2. The molecule has 0 unspecified atom stereocenters. The second kappa shape index (κ2) is 19.0. The normalized spacial score (nSPS) is 12.0. The van der Waals surface area contributed by atoms with Crippen LogP contribution in [0.1, 0.15) is 148 Å². The van der Waals surface area contributed by atoms with Gasteiger partial charge in [0.05, 0.1) is 16.5 Å². The van der Waals surface area contributed by atoms with Crippen LogP contribution in [-0.2, 0) is 11.2 Å². The van der Waals surface area contributed by atoms with Gasteiger partial charge in [-0.15, -0.1) is 22.7 Å². The van der Waals surface area contributed by atoms with Crippen molar-refractivity contribution in [1.82, 2.24) is 0 Å². The number of ether oxygens (including phenoxy) is 1. The van der Waals surface area contributed by atoms with Crippen LogP contribution in [0.3, 0.4) is 0 Å². The topological polar surface area (TPSA) is 43.4 Å². The smallest absolute Gasteiger partial charge is 0.338 e. The van der Waals surface area contributed by atoms with Crippen LogP contribution < -0.4 is 0 Å². The zero-order chi connectivity index (χ0) is 29.3. The number of carbonyl (C=O) groups excluding carboxylic acids is 2. The van der Waals surface area contributed by atoms with E-state index in [2.05, 4.69) is 31.4 Å². The molecule has 3 aromatic rings. The highest BCUT2D eigenvalue weighted by atomic mass is 32.1. The molecular formula is C36H50O3S2. The number of carbonyl (C=O) groups is 2. The van der Waals surface area contributed by atoms with E-state index in [4.69, 9.17) is 4.74 Å². The lowest BCUT2D eigenvalue weighted by Crippen LogP contribution is -2.15. The number of aryl methyl sites for hydroxylation is 1. The van der Waals surface area contributed by atoms with Crippen molar-refractivity contribution in [3.8, 4) is 10.4 Å². The Kier molecular flexibility index (Phi) is 15.5. The van der Waals surface area contributed by atoms with Gasteiger partial charge in [0.15, 0.2) is 0 Å². The largest absolute Gasteiger partial charge is 0.459 e. The number of unbranched alkanes of at least 4 members (excludes halogenated alkanes) is 12. The highest BCUT2D eigenvalue weighted by molar-refractivity contribution is 7.16. The summed E-state index contributed by atoms with van der Waals surface area (Å²) < 4.78 is 5.60. The molecule has 1 aromatic carbocycles. The predicted octanol–water partition coefficient (Wildman–Crippen LogP) is 11.7. The summed E-state index contributed by atoms with van der Waals surface area (Å²) in [6, 6.07) is 13.3. The van der Waals surface area contributed by atoms with E-state index in [1.807, 2.05) is 24.3 Å². The molecule has 0 fully saturated rings.